The molecule has 22 heavy (non-hydrogen) atoms. The van der Waals surface area contributed by atoms with Gasteiger partial charge in [-0.2, -0.15) is 0 Å². The molecule has 0 amide bonds. The van der Waals surface area contributed by atoms with Gasteiger partial charge in [-0.25, -0.2) is 4.57 Å². The Morgan fingerprint density at radius 3 is 2.27 bits per heavy atom. The number of phosphoric acid groups is 1. The Morgan fingerprint density at radius 1 is 1.05 bits per heavy atom. The molecule has 0 aromatic heterocycles. The Hall–Kier alpha value is -0.460. The molecule has 0 spiro atoms. The van der Waals surface area contributed by atoms with Gasteiger partial charge in [0, 0.05) is 6.42 Å². The molecular formula is C14H31NO6P+. The maximum absolute atomic E-state index is 11.6. The molecule has 0 rings (SSSR count). The number of carbonyl (C=O) groups excluding carboxylic acids is 1. The monoisotopic (exact) mass is 340 g/mol. The van der Waals surface area contributed by atoms with E-state index >= 15 is 0 Å². The summed E-state index contributed by atoms with van der Waals surface area (Å²) in [4.78, 5) is 20.8. The number of phosphoric ester groups is 1. The van der Waals surface area contributed by atoms with Crippen LogP contribution in [0.4, 0.5) is 0 Å². The van der Waals surface area contributed by atoms with E-state index in [4.69, 9.17) is 13.8 Å². The van der Waals surface area contributed by atoms with E-state index in [9.17, 15) is 14.3 Å². The molecule has 0 aliphatic carbocycles. The molecule has 0 bridgehead atoms. The molecule has 1 unspecified atom stereocenters. The standard InChI is InChI=1S/C14H30NO6P/c1-5-6-7-8-9-14(16)19-12-13-21-22(17,18)20-11-10-15(2,3)4/h5-13H2,1-4H3/p+1. The Morgan fingerprint density at radius 2 is 1.68 bits per heavy atom. The van der Waals surface area contributed by atoms with E-state index in [-0.39, 0.29) is 25.8 Å². The van der Waals surface area contributed by atoms with Gasteiger partial charge in [-0.05, 0) is 6.42 Å². The SMILES string of the molecule is CCCCCCC(=O)OCCOP(=O)(O)OCC[N+](C)(C)C. The van der Waals surface area contributed by atoms with Crippen LogP contribution in [0.2, 0.25) is 0 Å². The minimum atomic E-state index is -4.07. The van der Waals surface area contributed by atoms with Gasteiger partial charge in [0.15, 0.2) is 0 Å². The van der Waals surface area contributed by atoms with Gasteiger partial charge in [0.2, 0.25) is 0 Å². The van der Waals surface area contributed by atoms with Crippen molar-refractivity contribution in [2.75, 3.05) is 47.5 Å². The molecule has 0 aromatic rings. The van der Waals surface area contributed by atoms with E-state index in [1.54, 1.807) is 0 Å². The molecule has 0 saturated heterocycles. The molecule has 7 nitrogen and oxygen atoms in total. The highest BCUT2D eigenvalue weighted by Gasteiger charge is 2.22. The number of esters is 1. The fourth-order valence-corrected chi connectivity index (χ4v) is 2.24. The van der Waals surface area contributed by atoms with E-state index in [1.165, 1.54) is 0 Å². The van der Waals surface area contributed by atoms with E-state index in [2.05, 4.69) is 6.92 Å². The lowest BCUT2D eigenvalue weighted by molar-refractivity contribution is -0.870. The van der Waals surface area contributed by atoms with Gasteiger partial charge in [0.05, 0.1) is 27.7 Å². The van der Waals surface area contributed by atoms with Gasteiger partial charge < -0.3 is 14.1 Å². The van der Waals surface area contributed by atoms with Crippen LogP contribution < -0.4 is 0 Å². The summed E-state index contributed by atoms with van der Waals surface area (Å²) in [7, 11) is 1.78. The zero-order chi connectivity index (χ0) is 17.1. The summed E-state index contributed by atoms with van der Waals surface area (Å²) >= 11 is 0. The quantitative estimate of drug-likeness (QED) is 0.240. The van der Waals surface area contributed by atoms with Crippen molar-refractivity contribution < 1.29 is 32.5 Å². The molecule has 0 aromatic carbocycles. The van der Waals surface area contributed by atoms with E-state index < -0.39 is 7.82 Å². The lowest BCUT2D eigenvalue weighted by atomic mass is 10.2. The molecular weight excluding hydrogens is 309 g/mol. The average molecular weight is 340 g/mol. The van der Waals surface area contributed by atoms with Gasteiger partial charge in [0.1, 0.15) is 19.8 Å². The number of rotatable bonds is 13. The highest BCUT2D eigenvalue weighted by atomic mass is 31.2. The van der Waals surface area contributed by atoms with Crippen LogP contribution in [0.5, 0.6) is 0 Å². The maximum atomic E-state index is 11.6. The highest BCUT2D eigenvalue weighted by Crippen LogP contribution is 2.42. The van der Waals surface area contributed by atoms with Crippen molar-refractivity contribution in [2.45, 2.75) is 39.0 Å². The zero-order valence-corrected chi connectivity index (χ0v) is 15.1. The number of hydrogen-bond acceptors (Lipinski definition) is 5. The van der Waals surface area contributed by atoms with Crippen LogP contribution in [0.1, 0.15) is 39.0 Å². The smallest absolute Gasteiger partial charge is 0.463 e. The summed E-state index contributed by atoms with van der Waals surface area (Å²) < 4.78 is 26.7. The van der Waals surface area contributed by atoms with Crippen LogP contribution in [-0.2, 0) is 23.1 Å². The van der Waals surface area contributed by atoms with Gasteiger partial charge in [-0.15, -0.1) is 0 Å². The number of nitrogens with zero attached hydrogens (tertiary/aromatic N) is 1. The van der Waals surface area contributed by atoms with E-state index in [0.29, 0.717) is 17.4 Å². The topological polar surface area (TPSA) is 82.1 Å². The highest BCUT2D eigenvalue weighted by molar-refractivity contribution is 7.47. The lowest BCUT2D eigenvalue weighted by Crippen LogP contribution is -2.37. The number of quaternary nitrogens is 1. The Balaban J connectivity index is 3.67. The minimum absolute atomic E-state index is 0.0458. The largest absolute Gasteiger partial charge is 0.472 e. The summed E-state index contributed by atoms with van der Waals surface area (Å²) in [5, 5.41) is 0. The first kappa shape index (κ1) is 21.5. The van der Waals surface area contributed by atoms with Crippen LogP contribution in [0.3, 0.4) is 0 Å². The number of hydrogen-bond donors (Lipinski definition) is 1. The number of likely N-dealkylation sites (N-methyl/N-ethyl adjacent to an activating group) is 1. The minimum Gasteiger partial charge on any atom is -0.463 e. The van der Waals surface area contributed by atoms with Crippen molar-refractivity contribution in [3.63, 3.8) is 0 Å². The van der Waals surface area contributed by atoms with Crippen molar-refractivity contribution in [1.82, 2.24) is 0 Å². The van der Waals surface area contributed by atoms with Gasteiger partial charge in [-0.1, -0.05) is 26.2 Å². The Kier molecular flexibility index (Phi) is 10.9. The number of ether oxygens (including phenoxy) is 1. The van der Waals surface area contributed by atoms with Crippen molar-refractivity contribution in [2.24, 2.45) is 0 Å². The maximum Gasteiger partial charge on any atom is 0.472 e. The van der Waals surface area contributed by atoms with Crippen molar-refractivity contribution in [1.29, 1.82) is 0 Å². The molecule has 1 N–H and O–H groups in total. The van der Waals surface area contributed by atoms with Crippen LogP contribution >= 0.6 is 7.82 Å². The van der Waals surface area contributed by atoms with Crippen molar-refractivity contribution in [3.05, 3.63) is 0 Å². The lowest BCUT2D eigenvalue weighted by Gasteiger charge is -2.23. The molecule has 8 heteroatoms. The summed E-state index contributed by atoms with van der Waals surface area (Å²) in [6.45, 7) is 2.61. The fourth-order valence-electron chi connectivity index (χ4n) is 1.54. The Labute approximate surface area is 133 Å². The summed E-state index contributed by atoms with van der Waals surface area (Å²) in [6.07, 6.45) is 4.41. The predicted molar refractivity (Wildman–Crippen MR) is 84.3 cm³/mol. The van der Waals surface area contributed by atoms with Gasteiger partial charge >= 0.3 is 13.8 Å². The van der Waals surface area contributed by atoms with Crippen LogP contribution in [0, 0.1) is 0 Å². The second-order valence-electron chi connectivity index (χ2n) is 6.18. The third-order valence-corrected chi connectivity index (χ3v) is 3.87. The van der Waals surface area contributed by atoms with Gasteiger partial charge in [0.25, 0.3) is 0 Å². The van der Waals surface area contributed by atoms with Crippen LogP contribution in [0.15, 0.2) is 0 Å². The third kappa shape index (κ3) is 14.5. The molecule has 0 aliphatic rings. The van der Waals surface area contributed by atoms with E-state index in [0.717, 1.165) is 25.7 Å². The number of carbonyl (C=O) groups is 1. The summed E-state index contributed by atoms with van der Waals surface area (Å²) in [5.41, 5.74) is 0. The predicted octanol–water partition coefficient (Wildman–Crippen LogP) is 2.34. The second kappa shape index (κ2) is 11.1. The fraction of sp³-hybridized carbons (Fsp3) is 0.929. The molecule has 1 atom stereocenters. The zero-order valence-electron chi connectivity index (χ0n) is 14.2. The first-order valence-corrected chi connectivity index (χ1v) is 9.24. The van der Waals surface area contributed by atoms with Crippen LogP contribution in [0.25, 0.3) is 0 Å². The Bertz CT molecular complexity index is 356. The van der Waals surface area contributed by atoms with E-state index in [1.807, 2.05) is 21.1 Å². The molecule has 0 fully saturated rings. The van der Waals surface area contributed by atoms with Gasteiger partial charge in [-0.3, -0.25) is 13.8 Å². The molecule has 0 aliphatic heterocycles. The van der Waals surface area contributed by atoms with Crippen molar-refractivity contribution in [3.8, 4) is 0 Å². The molecule has 0 heterocycles. The molecule has 0 saturated carbocycles. The number of unbranched alkanes of at least 4 members (excludes halogenated alkanes) is 3. The van der Waals surface area contributed by atoms with Crippen LogP contribution in [-0.4, -0.2) is 62.9 Å². The first-order valence-electron chi connectivity index (χ1n) is 7.74. The summed E-state index contributed by atoms with van der Waals surface area (Å²) in [5.74, 6) is -0.307. The first-order chi connectivity index (χ1) is 10.2. The average Bonchev–Trinajstić information content (AvgIpc) is 2.38. The molecule has 0 radical (unpaired) electrons. The second-order valence-corrected chi connectivity index (χ2v) is 7.63. The normalized spacial score (nSPS) is 14.6. The third-order valence-electron chi connectivity index (χ3n) is 2.85. The molecule has 132 valence electrons. The summed E-state index contributed by atoms with van der Waals surface area (Å²) in [6, 6.07) is 0. The van der Waals surface area contributed by atoms with Crippen molar-refractivity contribution >= 4 is 13.8 Å².